The molecule has 0 bridgehead atoms. The van der Waals surface area contributed by atoms with Crippen LogP contribution in [0, 0.1) is 0 Å². The van der Waals surface area contributed by atoms with Gasteiger partial charge >= 0.3 is 11.6 Å². The maximum absolute atomic E-state index is 11.4. The molecule has 0 saturated carbocycles. The number of carboxylic acids is 1. The molecule has 0 fully saturated rings. The van der Waals surface area contributed by atoms with Gasteiger partial charge in [0.2, 0.25) is 0 Å². The maximum Gasteiger partial charge on any atom is 0.351 e. The van der Waals surface area contributed by atoms with Gasteiger partial charge in [-0.05, 0) is 24.3 Å². The van der Waals surface area contributed by atoms with Gasteiger partial charge in [-0.3, -0.25) is 0 Å². The first-order valence-corrected chi connectivity index (χ1v) is 4.84. The van der Waals surface area contributed by atoms with Crippen LogP contribution in [0.25, 0.3) is 21.9 Å². The number of carbonyl (C=O) groups is 1. The molecule has 0 radical (unpaired) electrons. The molecule has 0 unspecified atom stereocenters. The predicted octanol–water partition coefficient (Wildman–Crippen LogP) is 2.24. The SMILES string of the molecule is O=C(O)c1cc2c(ccc3ccoc32)oc1=O. The number of carboxylic acid groups (broad SMARTS) is 1. The van der Waals surface area contributed by atoms with E-state index in [1.807, 2.05) is 0 Å². The van der Waals surface area contributed by atoms with Crippen LogP contribution in [0.2, 0.25) is 0 Å². The van der Waals surface area contributed by atoms with E-state index in [1.165, 1.54) is 12.3 Å². The van der Waals surface area contributed by atoms with Crippen molar-refractivity contribution in [3.63, 3.8) is 0 Å². The second-order valence-corrected chi connectivity index (χ2v) is 3.57. The zero-order valence-corrected chi connectivity index (χ0v) is 8.47. The second-order valence-electron chi connectivity index (χ2n) is 3.57. The highest BCUT2D eigenvalue weighted by molar-refractivity contribution is 6.04. The van der Waals surface area contributed by atoms with E-state index in [0.717, 1.165) is 5.39 Å². The van der Waals surface area contributed by atoms with Crippen LogP contribution in [-0.2, 0) is 0 Å². The first kappa shape index (κ1) is 9.65. The average Bonchev–Trinajstić information content (AvgIpc) is 2.75. The number of hydrogen-bond donors (Lipinski definition) is 1. The van der Waals surface area contributed by atoms with Crippen molar-refractivity contribution in [3.8, 4) is 0 Å². The minimum Gasteiger partial charge on any atom is -0.477 e. The molecule has 2 heterocycles. The van der Waals surface area contributed by atoms with Crippen molar-refractivity contribution in [1.82, 2.24) is 0 Å². The highest BCUT2D eigenvalue weighted by Gasteiger charge is 2.14. The van der Waals surface area contributed by atoms with Crippen molar-refractivity contribution in [2.75, 3.05) is 0 Å². The lowest BCUT2D eigenvalue weighted by Gasteiger charge is -1.98. The normalized spacial score (nSPS) is 11.1. The fourth-order valence-corrected chi connectivity index (χ4v) is 1.77. The van der Waals surface area contributed by atoms with Gasteiger partial charge in [0.15, 0.2) is 0 Å². The van der Waals surface area contributed by atoms with Crippen molar-refractivity contribution in [2.45, 2.75) is 0 Å². The highest BCUT2D eigenvalue weighted by Crippen LogP contribution is 2.25. The predicted molar refractivity (Wildman–Crippen MR) is 59.2 cm³/mol. The Bertz CT molecular complexity index is 793. The molecule has 2 aromatic heterocycles. The Morgan fingerprint density at radius 1 is 1.24 bits per heavy atom. The third-order valence-corrected chi connectivity index (χ3v) is 2.56. The highest BCUT2D eigenvalue weighted by atomic mass is 16.4. The summed E-state index contributed by atoms with van der Waals surface area (Å²) in [6.45, 7) is 0. The smallest absolute Gasteiger partial charge is 0.351 e. The van der Waals surface area contributed by atoms with Crippen LogP contribution < -0.4 is 5.63 Å². The van der Waals surface area contributed by atoms with Crippen molar-refractivity contribution in [2.24, 2.45) is 0 Å². The molecule has 0 aliphatic rings. The fraction of sp³-hybridized carbons (Fsp3) is 0. The second kappa shape index (κ2) is 3.21. The lowest BCUT2D eigenvalue weighted by atomic mass is 10.1. The van der Waals surface area contributed by atoms with Crippen LogP contribution >= 0.6 is 0 Å². The molecular weight excluding hydrogens is 224 g/mol. The maximum atomic E-state index is 11.4. The quantitative estimate of drug-likeness (QED) is 0.648. The number of rotatable bonds is 1. The molecule has 0 atom stereocenters. The van der Waals surface area contributed by atoms with Crippen molar-refractivity contribution in [1.29, 1.82) is 0 Å². The molecule has 3 aromatic rings. The van der Waals surface area contributed by atoms with Crippen molar-refractivity contribution < 1.29 is 18.7 Å². The first-order chi connectivity index (χ1) is 8.16. The number of aromatic carboxylic acids is 1. The summed E-state index contributed by atoms with van der Waals surface area (Å²) in [5.74, 6) is -1.32. The van der Waals surface area contributed by atoms with Crippen LogP contribution in [0.3, 0.4) is 0 Å². The van der Waals surface area contributed by atoms with Crippen LogP contribution in [-0.4, -0.2) is 11.1 Å². The van der Waals surface area contributed by atoms with Crippen LogP contribution in [0.4, 0.5) is 0 Å². The number of hydrogen-bond acceptors (Lipinski definition) is 4. The standard InChI is InChI=1S/C12H6O5/c13-11(14)8-5-7-9(17-12(8)15)2-1-6-3-4-16-10(6)7/h1-5H,(H,13,14). The summed E-state index contributed by atoms with van der Waals surface area (Å²) in [6.07, 6.45) is 1.50. The Balaban J connectivity index is 2.53. The van der Waals surface area contributed by atoms with Gasteiger partial charge in [0, 0.05) is 5.39 Å². The Morgan fingerprint density at radius 3 is 2.82 bits per heavy atom. The van der Waals surface area contributed by atoms with Gasteiger partial charge in [0.1, 0.15) is 16.7 Å². The van der Waals surface area contributed by atoms with Gasteiger partial charge in [-0.25, -0.2) is 9.59 Å². The molecule has 84 valence electrons. The zero-order chi connectivity index (χ0) is 12.0. The molecule has 0 amide bonds. The summed E-state index contributed by atoms with van der Waals surface area (Å²) in [5.41, 5.74) is -0.450. The van der Waals surface area contributed by atoms with E-state index in [4.69, 9.17) is 13.9 Å². The van der Waals surface area contributed by atoms with E-state index >= 15 is 0 Å². The lowest BCUT2D eigenvalue weighted by Crippen LogP contribution is -2.12. The summed E-state index contributed by atoms with van der Waals surface area (Å²) in [6, 6.07) is 6.38. The number of benzene rings is 1. The van der Waals surface area contributed by atoms with E-state index in [0.29, 0.717) is 16.6 Å². The lowest BCUT2D eigenvalue weighted by molar-refractivity contribution is 0.0692. The Morgan fingerprint density at radius 2 is 2.06 bits per heavy atom. The summed E-state index contributed by atoms with van der Waals surface area (Å²) in [4.78, 5) is 22.2. The Hall–Kier alpha value is -2.56. The van der Waals surface area contributed by atoms with Crippen molar-refractivity contribution in [3.05, 3.63) is 46.5 Å². The van der Waals surface area contributed by atoms with E-state index in [-0.39, 0.29) is 0 Å². The summed E-state index contributed by atoms with van der Waals surface area (Å²) in [7, 11) is 0. The molecule has 0 aliphatic carbocycles. The summed E-state index contributed by atoms with van der Waals surface area (Å²) in [5, 5.41) is 10.2. The Kier molecular flexibility index (Phi) is 1.82. The monoisotopic (exact) mass is 230 g/mol. The molecule has 5 nitrogen and oxygen atoms in total. The number of furan rings is 1. The van der Waals surface area contributed by atoms with Gasteiger partial charge in [-0.2, -0.15) is 0 Å². The number of fused-ring (bicyclic) bond motifs is 3. The van der Waals surface area contributed by atoms with Crippen LogP contribution in [0.1, 0.15) is 10.4 Å². The minimum atomic E-state index is -1.32. The molecule has 5 heteroatoms. The Labute approximate surface area is 93.9 Å². The summed E-state index contributed by atoms with van der Waals surface area (Å²) >= 11 is 0. The van der Waals surface area contributed by atoms with Gasteiger partial charge in [0.25, 0.3) is 0 Å². The van der Waals surface area contributed by atoms with Crippen molar-refractivity contribution >= 4 is 27.9 Å². The van der Waals surface area contributed by atoms with Gasteiger partial charge in [-0.15, -0.1) is 0 Å². The first-order valence-electron chi connectivity index (χ1n) is 4.84. The third-order valence-electron chi connectivity index (χ3n) is 2.56. The summed E-state index contributed by atoms with van der Waals surface area (Å²) < 4.78 is 10.2. The van der Waals surface area contributed by atoms with Crippen LogP contribution in [0.5, 0.6) is 0 Å². The molecule has 1 aromatic carbocycles. The fourth-order valence-electron chi connectivity index (χ4n) is 1.77. The largest absolute Gasteiger partial charge is 0.477 e. The van der Waals surface area contributed by atoms with E-state index in [9.17, 15) is 9.59 Å². The minimum absolute atomic E-state index is 0.308. The third kappa shape index (κ3) is 1.32. The van der Waals surface area contributed by atoms with E-state index in [2.05, 4.69) is 0 Å². The molecule has 3 rings (SSSR count). The average molecular weight is 230 g/mol. The molecule has 0 spiro atoms. The van der Waals surface area contributed by atoms with Crippen LogP contribution in [0.15, 0.2) is 44.2 Å². The topological polar surface area (TPSA) is 80.7 Å². The van der Waals surface area contributed by atoms with Gasteiger partial charge in [-0.1, -0.05) is 0 Å². The van der Waals surface area contributed by atoms with E-state index in [1.54, 1.807) is 18.2 Å². The zero-order valence-electron chi connectivity index (χ0n) is 8.47. The molecule has 0 saturated heterocycles. The molecular formula is C12H6O5. The van der Waals surface area contributed by atoms with Gasteiger partial charge in [0.05, 0.1) is 11.6 Å². The van der Waals surface area contributed by atoms with Gasteiger partial charge < -0.3 is 13.9 Å². The molecule has 1 N–H and O–H groups in total. The van der Waals surface area contributed by atoms with E-state index < -0.39 is 17.2 Å². The molecule has 17 heavy (non-hydrogen) atoms. The molecule has 0 aliphatic heterocycles.